The van der Waals surface area contributed by atoms with E-state index in [4.69, 9.17) is 9.52 Å². The number of furan rings is 1. The van der Waals surface area contributed by atoms with E-state index in [1.54, 1.807) is 12.1 Å². The first-order valence-electron chi connectivity index (χ1n) is 5.15. The highest BCUT2D eigenvalue weighted by Gasteiger charge is 2.17. The first-order chi connectivity index (χ1) is 8.65. The van der Waals surface area contributed by atoms with Crippen molar-refractivity contribution in [1.29, 1.82) is 0 Å². The third-order valence-corrected chi connectivity index (χ3v) is 2.62. The fourth-order valence-electron chi connectivity index (χ4n) is 1.78. The molecule has 90 valence electrons. The molecular formula is C12H8N2O4. The van der Waals surface area contributed by atoms with Crippen molar-refractivity contribution in [3.63, 3.8) is 0 Å². The number of carboxylic acid groups (broad SMARTS) is 1. The Morgan fingerprint density at radius 2 is 2.17 bits per heavy atom. The van der Waals surface area contributed by atoms with Crippen LogP contribution in [0.1, 0.15) is 10.4 Å². The summed E-state index contributed by atoms with van der Waals surface area (Å²) in [4.78, 5) is 11.0. The van der Waals surface area contributed by atoms with Gasteiger partial charge in [0.15, 0.2) is 5.76 Å². The van der Waals surface area contributed by atoms with Crippen LogP contribution in [-0.2, 0) is 0 Å². The molecule has 3 N–H and O–H groups in total. The molecule has 0 aliphatic carbocycles. The molecule has 0 radical (unpaired) electrons. The quantitative estimate of drug-likeness (QED) is 0.641. The fourth-order valence-corrected chi connectivity index (χ4v) is 1.78. The average Bonchev–Trinajstić information content (AvgIpc) is 2.93. The van der Waals surface area contributed by atoms with Crippen molar-refractivity contribution >= 4 is 16.9 Å². The van der Waals surface area contributed by atoms with Crippen LogP contribution in [0, 0.1) is 0 Å². The van der Waals surface area contributed by atoms with Gasteiger partial charge in [0.25, 0.3) is 0 Å². The van der Waals surface area contributed by atoms with E-state index in [9.17, 15) is 9.90 Å². The van der Waals surface area contributed by atoms with Crippen LogP contribution >= 0.6 is 0 Å². The summed E-state index contributed by atoms with van der Waals surface area (Å²) < 4.78 is 5.49. The first-order valence-corrected chi connectivity index (χ1v) is 5.15. The SMILES string of the molecule is O=C(O)c1cn[nH]c1-c1cc2ccc(O)cc2o1. The highest BCUT2D eigenvalue weighted by atomic mass is 16.4. The van der Waals surface area contributed by atoms with Gasteiger partial charge < -0.3 is 14.6 Å². The van der Waals surface area contributed by atoms with Crippen LogP contribution in [0.15, 0.2) is 34.9 Å². The normalized spacial score (nSPS) is 10.9. The van der Waals surface area contributed by atoms with Crippen molar-refractivity contribution in [3.8, 4) is 17.2 Å². The van der Waals surface area contributed by atoms with Crippen LogP contribution in [0.5, 0.6) is 5.75 Å². The van der Waals surface area contributed by atoms with Crippen molar-refractivity contribution in [3.05, 3.63) is 36.0 Å². The van der Waals surface area contributed by atoms with Crippen LogP contribution < -0.4 is 0 Å². The highest BCUT2D eigenvalue weighted by Crippen LogP contribution is 2.30. The molecule has 0 aliphatic rings. The Morgan fingerprint density at radius 3 is 2.94 bits per heavy atom. The third kappa shape index (κ3) is 1.51. The molecule has 3 rings (SSSR count). The van der Waals surface area contributed by atoms with E-state index >= 15 is 0 Å². The first kappa shape index (κ1) is 10.4. The molecule has 0 saturated heterocycles. The molecule has 18 heavy (non-hydrogen) atoms. The van der Waals surface area contributed by atoms with Crippen molar-refractivity contribution in [2.45, 2.75) is 0 Å². The summed E-state index contributed by atoms with van der Waals surface area (Å²) in [6, 6.07) is 6.38. The van der Waals surface area contributed by atoms with Crippen LogP contribution in [-0.4, -0.2) is 26.4 Å². The second-order valence-corrected chi connectivity index (χ2v) is 3.80. The summed E-state index contributed by atoms with van der Waals surface area (Å²) in [5, 5.41) is 25.4. The molecule has 2 aromatic heterocycles. The van der Waals surface area contributed by atoms with Crippen molar-refractivity contribution in [2.75, 3.05) is 0 Å². The number of aromatic amines is 1. The second kappa shape index (κ2) is 3.63. The fraction of sp³-hybridized carbons (Fsp3) is 0. The number of phenols is 1. The summed E-state index contributed by atoms with van der Waals surface area (Å²) >= 11 is 0. The number of H-pyrrole nitrogens is 1. The van der Waals surface area contributed by atoms with E-state index in [-0.39, 0.29) is 11.3 Å². The van der Waals surface area contributed by atoms with Crippen molar-refractivity contribution in [1.82, 2.24) is 10.2 Å². The number of nitrogens with one attached hydrogen (secondary N) is 1. The molecule has 0 saturated carbocycles. The molecule has 0 fully saturated rings. The van der Waals surface area contributed by atoms with Gasteiger partial charge in [-0.1, -0.05) is 0 Å². The van der Waals surface area contributed by atoms with Crippen molar-refractivity contribution in [2.24, 2.45) is 0 Å². The minimum atomic E-state index is -1.08. The van der Waals surface area contributed by atoms with Gasteiger partial charge in [0.1, 0.15) is 22.6 Å². The number of aromatic carboxylic acids is 1. The predicted molar refractivity (Wildman–Crippen MR) is 62.4 cm³/mol. The molecule has 2 heterocycles. The Bertz CT molecular complexity index is 741. The maximum Gasteiger partial charge on any atom is 0.339 e. The van der Waals surface area contributed by atoms with Crippen molar-refractivity contribution < 1.29 is 19.4 Å². The number of nitrogens with zero attached hydrogens (tertiary/aromatic N) is 1. The molecule has 0 aliphatic heterocycles. The zero-order valence-corrected chi connectivity index (χ0v) is 9.04. The monoisotopic (exact) mass is 244 g/mol. The van der Waals surface area contributed by atoms with Crippen LogP contribution in [0.25, 0.3) is 22.4 Å². The van der Waals surface area contributed by atoms with Crippen LogP contribution in [0.2, 0.25) is 0 Å². The number of carboxylic acids is 1. The lowest BCUT2D eigenvalue weighted by Gasteiger charge is -1.93. The predicted octanol–water partition coefficient (Wildman–Crippen LogP) is 2.23. The number of fused-ring (bicyclic) bond motifs is 1. The Morgan fingerprint density at radius 1 is 1.33 bits per heavy atom. The number of hydrogen-bond donors (Lipinski definition) is 3. The van der Waals surface area contributed by atoms with Gasteiger partial charge in [-0.2, -0.15) is 5.10 Å². The summed E-state index contributed by atoms with van der Waals surface area (Å²) in [6.07, 6.45) is 1.22. The van der Waals surface area contributed by atoms with E-state index in [0.717, 1.165) is 5.39 Å². The molecule has 0 spiro atoms. The summed E-state index contributed by atoms with van der Waals surface area (Å²) in [5.74, 6) is -0.626. The zero-order valence-electron chi connectivity index (χ0n) is 9.04. The van der Waals surface area contributed by atoms with Gasteiger partial charge in [0.05, 0.1) is 6.20 Å². The third-order valence-electron chi connectivity index (χ3n) is 2.62. The van der Waals surface area contributed by atoms with Gasteiger partial charge in [0.2, 0.25) is 0 Å². The highest BCUT2D eigenvalue weighted by molar-refractivity contribution is 5.95. The second-order valence-electron chi connectivity index (χ2n) is 3.80. The Hall–Kier alpha value is -2.76. The number of aromatic hydroxyl groups is 1. The van der Waals surface area contributed by atoms with Gasteiger partial charge in [-0.3, -0.25) is 5.10 Å². The topological polar surface area (TPSA) is 99.3 Å². The Kier molecular flexibility index (Phi) is 2.09. The van der Waals surface area contributed by atoms with Gasteiger partial charge in [-0.05, 0) is 18.2 Å². The molecule has 6 nitrogen and oxygen atoms in total. The Balaban J connectivity index is 2.19. The number of hydrogen-bond acceptors (Lipinski definition) is 4. The van der Waals surface area contributed by atoms with Gasteiger partial charge in [-0.25, -0.2) is 4.79 Å². The van der Waals surface area contributed by atoms with E-state index in [0.29, 0.717) is 17.0 Å². The lowest BCUT2D eigenvalue weighted by molar-refractivity contribution is 0.0697. The molecule has 0 atom stereocenters. The number of rotatable bonds is 2. The summed E-state index contributed by atoms with van der Waals surface area (Å²) in [6.45, 7) is 0. The lowest BCUT2D eigenvalue weighted by atomic mass is 10.2. The standard InChI is InChI=1S/C12H8N2O4/c15-7-2-1-6-3-10(18-9(6)4-7)11-8(12(16)17)5-13-14-11/h1-5,15H,(H,13,14)(H,16,17). The van der Waals surface area contributed by atoms with Gasteiger partial charge in [-0.15, -0.1) is 0 Å². The average molecular weight is 244 g/mol. The molecule has 3 aromatic rings. The smallest absolute Gasteiger partial charge is 0.339 e. The van der Waals surface area contributed by atoms with E-state index in [1.807, 2.05) is 0 Å². The maximum absolute atomic E-state index is 11.0. The number of carbonyl (C=O) groups is 1. The van der Waals surface area contributed by atoms with Crippen LogP contribution in [0.3, 0.4) is 0 Å². The molecule has 6 heteroatoms. The number of benzene rings is 1. The van der Waals surface area contributed by atoms with E-state index in [2.05, 4.69) is 10.2 Å². The molecule has 0 bridgehead atoms. The largest absolute Gasteiger partial charge is 0.508 e. The minimum Gasteiger partial charge on any atom is -0.508 e. The molecule has 0 unspecified atom stereocenters. The summed E-state index contributed by atoms with van der Waals surface area (Å²) in [7, 11) is 0. The van der Waals surface area contributed by atoms with E-state index in [1.165, 1.54) is 18.3 Å². The number of phenolic OH excluding ortho intramolecular Hbond substituents is 1. The maximum atomic E-state index is 11.0. The molecule has 0 amide bonds. The zero-order chi connectivity index (χ0) is 12.7. The van der Waals surface area contributed by atoms with Crippen LogP contribution in [0.4, 0.5) is 0 Å². The van der Waals surface area contributed by atoms with Gasteiger partial charge >= 0.3 is 5.97 Å². The summed E-state index contributed by atoms with van der Waals surface area (Å²) in [5.41, 5.74) is 0.826. The molecular weight excluding hydrogens is 236 g/mol. The minimum absolute atomic E-state index is 0.0401. The molecule has 1 aromatic carbocycles. The number of aromatic nitrogens is 2. The van der Waals surface area contributed by atoms with Gasteiger partial charge in [0, 0.05) is 11.5 Å². The van der Waals surface area contributed by atoms with E-state index < -0.39 is 5.97 Å². The lowest BCUT2D eigenvalue weighted by Crippen LogP contribution is -1.95. The Labute approximate surface area is 100 Å².